The molecule has 0 spiro atoms. The number of benzene rings is 1. The lowest BCUT2D eigenvalue weighted by molar-refractivity contribution is -0.134. The van der Waals surface area contributed by atoms with Crippen LogP contribution in [-0.4, -0.2) is 86.7 Å². The van der Waals surface area contributed by atoms with E-state index in [2.05, 4.69) is 17.3 Å². The first-order chi connectivity index (χ1) is 15.9. The molecule has 2 amide bonds. The highest BCUT2D eigenvalue weighted by atomic mass is 32.2. The number of hydrogen-bond donors (Lipinski definition) is 1. The number of nitrogens with one attached hydrogen (secondary N) is 1. The molecule has 0 bridgehead atoms. The van der Waals surface area contributed by atoms with Crippen molar-refractivity contribution in [1.29, 1.82) is 0 Å². The van der Waals surface area contributed by atoms with Gasteiger partial charge in [-0.15, -0.1) is 0 Å². The second kappa shape index (κ2) is 12.5. The van der Waals surface area contributed by atoms with Crippen LogP contribution in [0.2, 0.25) is 0 Å². The quantitative estimate of drug-likeness (QED) is 0.520. The lowest BCUT2D eigenvalue weighted by Gasteiger charge is -2.34. The molecule has 2 aliphatic rings. The Bertz CT molecular complexity index is 864. The minimum Gasteiger partial charge on any atom is -0.356 e. The summed E-state index contributed by atoms with van der Waals surface area (Å²) < 4.78 is 26.8. The standard InChI is InChI=1S/C24H38N4O4S/c1-26(21-9-4-2-5-10-21)16-8-15-25-23(29)13-14-24(30)27-17-19-28(20-18-27)33(31,32)22-11-6-3-7-12-22/h3,6-7,11-12,21H,2,4-5,8-10,13-20H2,1H3,(H,25,29). The summed E-state index contributed by atoms with van der Waals surface area (Å²) in [4.78, 5) is 29.0. The number of hydrogen-bond acceptors (Lipinski definition) is 5. The molecule has 2 fully saturated rings. The van der Waals surface area contributed by atoms with Crippen molar-refractivity contribution in [3.05, 3.63) is 30.3 Å². The van der Waals surface area contributed by atoms with Crippen LogP contribution in [0, 0.1) is 0 Å². The number of carbonyl (C=O) groups is 2. The van der Waals surface area contributed by atoms with Gasteiger partial charge >= 0.3 is 0 Å². The highest BCUT2D eigenvalue weighted by Crippen LogP contribution is 2.21. The maximum atomic E-state index is 12.7. The van der Waals surface area contributed by atoms with Crippen molar-refractivity contribution in [2.45, 2.75) is 62.3 Å². The summed E-state index contributed by atoms with van der Waals surface area (Å²) in [7, 11) is -1.37. The van der Waals surface area contributed by atoms with Gasteiger partial charge in [-0.3, -0.25) is 9.59 Å². The number of nitrogens with zero attached hydrogens (tertiary/aromatic N) is 3. The van der Waals surface area contributed by atoms with E-state index in [1.165, 1.54) is 36.4 Å². The van der Waals surface area contributed by atoms with Crippen LogP contribution in [0.3, 0.4) is 0 Å². The zero-order chi connectivity index (χ0) is 23.7. The molecule has 1 N–H and O–H groups in total. The van der Waals surface area contributed by atoms with Crippen molar-refractivity contribution in [1.82, 2.24) is 19.4 Å². The third-order valence-corrected chi connectivity index (χ3v) is 8.66. The van der Waals surface area contributed by atoms with Crippen LogP contribution in [0.5, 0.6) is 0 Å². The topological polar surface area (TPSA) is 90.0 Å². The summed E-state index contributed by atoms with van der Waals surface area (Å²) >= 11 is 0. The highest BCUT2D eigenvalue weighted by molar-refractivity contribution is 7.89. The Morgan fingerprint density at radius 1 is 1.00 bits per heavy atom. The normalized spacial score (nSPS) is 18.4. The minimum absolute atomic E-state index is 0.0982. The summed E-state index contributed by atoms with van der Waals surface area (Å²) in [6.07, 6.45) is 7.76. The van der Waals surface area contributed by atoms with Crippen molar-refractivity contribution in [3.8, 4) is 0 Å². The summed E-state index contributed by atoms with van der Waals surface area (Å²) in [5.41, 5.74) is 0. The Kier molecular flexibility index (Phi) is 9.70. The van der Waals surface area contributed by atoms with E-state index >= 15 is 0 Å². The predicted molar refractivity (Wildman–Crippen MR) is 128 cm³/mol. The molecule has 9 heteroatoms. The van der Waals surface area contributed by atoms with E-state index < -0.39 is 10.0 Å². The van der Waals surface area contributed by atoms with E-state index in [1.807, 2.05) is 0 Å². The van der Waals surface area contributed by atoms with E-state index in [1.54, 1.807) is 35.2 Å². The van der Waals surface area contributed by atoms with E-state index in [0.717, 1.165) is 13.0 Å². The first kappa shape index (κ1) is 25.6. The Hall–Kier alpha value is -1.97. The van der Waals surface area contributed by atoms with Gasteiger partial charge < -0.3 is 15.1 Å². The fourth-order valence-corrected chi connectivity index (χ4v) is 6.09. The summed E-state index contributed by atoms with van der Waals surface area (Å²) in [6, 6.07) is 9.02. The number of rotatable bonds is 10. The summed E-state index contributed by atoms with van der Waals surface area (Å²) in [5.74, 6) is -0.201. The molecule has 0 atom stereocenters. The van der Waals surface area contributed by atoms with Gasteiger partial charge in [0.05, 0.1) is 4.90 Å². The van der Waals surface area contributed by atoms with Gasteiger partial charge in [0, 0.05) is 51.6 Å². The molecule has 1 aromatic rings. The van der Waals surface area contributed by atoms with Gasteiger partial charge in [0.15, 0.2) is 0 Å². The van der Waals surface area contributed by atoms with Crippen molar-refractivity contribution in [2.75, 3.05) is 46.3 Å². The van der Waals surface area contributed by atoms with E-state index in [0.29, 0.717) is 25.7 Å². The number of sulfonamides is 1. The van der Waals surface area contributed by atoms with Crippen LogP contribution in [-0.2, 0) is 19.6 Å². The van der Waals surface area contributed by atoms with E-state index in [4.69, 9.17) is 0 Å². The fourth-order valence-electron chi connectivity index (χ4n) is 4.65. The first-order valence-corrected chi connectivity index (χ1v) is 13.6. The average molecular weight is 479 g/mol. The van der Waals surface area contributed by atoms with Crippen LogP contribution in [0.1, 0.15) is 51.4 Å². The maximum Gasteiger partial charge on any atom is 0.243 e. The van der Waals surface area contributed by atoms with Crippen LogP contribution >= 0.6 is 0 Å². The van der Waals surface area contributed by atoms with Crippen molar-refractivity contribution in [3.63, 3.8) is 0 Å². The highest BCUT2D eigenvalue weighted by Gasteiger charge is 2.30. The fraction of sp³-hybridized carbons (Fsp3) is 0.667. The third kappa shape index (κ3) is 7.52. The molecule has 8 nitrogen and oxygen atoms in total. The molecule has 0 radical (unpaired) electrons. The third-order valence-electron chi connectivity index (χ3n) is 6.75. The zero-order valence-electron chi connectivity index (χ0n) is 19.7. The average Bonchev–Trinajstić information content (AvgIpc) is 2.86. The molecule has 1 aliphatic carbocycles. The Morgan fingerprint density at radius 2 is 1.67 bits per heavy atom. The Morgan fingerprint density at radius 3 is 2.33 bits per heavy atom. The number of amides is 2. The number of carbonyl (C=O) groups excluding carboxylic acids is 2. The molecule has 1 saturated heterocycles. The Labute approximate surface area is 198 Å². The summed E-state index contributed by atoms with van der Waals surface area (Å²) in [6.45, 7) is 2.83. The SMILES string of the molecule is CN(CCCNC(=O)CCC(=O)N1CCN(S(=O)(=O)c2ccccc2)CC1)C1CCCCC1. The molecule has 3 rings (SSSR count). The molecule has 184 valence electrons. The molecule has 1 saturated carbocycles. The van der Waals surface area contributed by atoms with Gasteiger partial charge in [0.25, 0.3) is 0 Å². The zero-order valence-corrected chi connectivity index (χ0v) is 20.6. The van der Waals surface area contributed by atoms with Crippen molar-refractivity contribution >= 4 is 21.8 Å². The van der Waals surface area contributed by atoms with Gasteiger partial charge in [-0.1, -0.05) is 37.5 Å². The molecule has 1 aliphatic heterocycles. The molecular formula is C24H38N4O4S. The molecule has 0 unspecified atom stereocenters. The lowest BCUT2D eigenvalue weighted by Crippen LogP contribution is -2.50. The van der Waals surface area contributed by atoms with Crippen LogP contribution in [0.25, 0.3) is 0 Å². The van der Waals surface area contributed by atoms with E-state index in [9.17, 15) is 18.0 Å². The molecule has 1 aromatic carbocycles. The van der Waals surface area contributed by atoms with Gasteiger partial charge in [-0.2, -0.15) is 4.31 Å². The minimum atomic E-state index is -3.54. The van der Waals surface area contributed by atoms with Crippen LogP contribution in [0.15, 0.2) is 35.2 Å². The van der Waals surface area contributed by atoms with E-state index in [-0.39, 0.29) is 42.6 Å². The molecule has 33 heavy (non-hydrogen) atoms. The van der Waals surface area contributed by atoms with Gasteiger partial charge in [0.1, 0.15) is 0 Å². The largest absolute Gasteiger partial charge is 0.356 e. The van der Waals surface area contributed by atoms with Crippen LogP contribution in [0.4, 0.5) is 0 Å². The summed E-state index contributed by atoms with van der Waals surface area (Å²) in [5, 5.41) is 2.92. The second-order valence-electron chi connectivity index (χ2n) is 9.07. The van der Waals surface area contributed by atoms with Crippen molar-refractivity contribution in [2.24, 2.45) is 0 Å². The smallest absolute Gasteiger partial charge is 0.243 e. The van der Waals surface area contributed by atoms with Crippen LogP contribution < -0.4 is 5.32 Å². The first-order valence-electron chi connectivity index (χ1n) is 12.2. The van der Waals surface area contributed by atoms with Gasteiger partial charge in [-0.25, -0.2) is 8.42 Å². The lowest BCUT2D eigenvalue weighted by atomic mass is 9.94. The predicted octanol–water partition coefficient (Wildman–Crippen LogP) is 2.07. The van der Waals surface area contributed by atoms with Gasteiger partial charge in [0.2, 0.25) is 21.8 Å². The monoisotopic (exact) mass is 478 g/mol. The van der Waals surface area contributed by atoms with Gasteiger partial charge in [-0.05, 0) is 45.0 Å². The Balaban J connectivity index is 1.30. The molecule has 0 aromatic heterocycles. The second-order valence-corrected chi connectivity index (χ2v) is 11.0. The van der Waals surface area contributed by atoms with Crippen molar-refractivity contribution < 1.29 is 18.0 Å². The molecular weight excluding hydrogens is 440 g/mol. The maximum absolute atomic E-state index is 12.7. The molecule has 1 heterocycles. The number of piperazine rings is 1.